The van der Waals surface area contributed by atoms with Gasteiger partial charge < -0.3 is 0 Å². The molecule has 2 amide bonds. The monoisotopic (exact) mass is 183 g/mol. The molecule has 0 spiro atoms. The van der Waals surface area contributed by atoms with Crippen LogP contribution in [0.1, 0.15) is 27.2 Å². The number of nitrogens with zero attached hydrogens (tertiary/aromatic N) is 1. The second kappa shape index (κ2) is 3.48. The number of hydrogen-bond acceptors (Lipinski definition) is 2. The standard InChI is InChI=1S/C10H17NO2/c1-5-7-8(6(2)3)10(13)11(4)9(7)12/h6-8H,5H2,1-4H3. The van der Waals surface area contributed by atoms with Crippen molar-refractivity contribution in [3.8, 4) is 0 Å². The Balaban J connectivity index is 2.94. The molecule has 1 fully saturated rings. The fourth-order valence-corrected chi connectivity index (χ4v) is 2.08. The Morgan fingerprint density at radius 3 is 2.15 bits per heavy atom. The molecule has 0 radical (unpaired) electrons. The Kier molecular flexibility index (Phi) is 2.74. The van der Waals surface area contributed by atoms with Crippen molar-refractivity contribution >= 4 is 11.8 Å². The molecule has 0 aromatic rings. The molecule has 1 aliphatic heterocycles. The van der Waals surface area contributed by atoms with E-state index in [2.05, 4.69) is 0 Å². The fraction of sp³-hybridized carbons (Fsp3) is 0.800. The Morgan fingerprint density at radius 1 is 1.31 bits per heavy atom. The van der Waals surface area contributed by atoms with Gasteiger partial charge >= 0.3 is 0 Å². The summed E-state index contributed by atoms with van der Waals surface area (Å²) in [6.45, 7) is 5.96. The molecule has 0 aromatic carbocycles. The molecule has 2 unspecified atom stereocenters. The second-order valence-electron chi connectivity index (χ2n) is 4.02. The molecule has 1 aliphatic rings. The van der Waals surface area contributed by atoms with Crippen LogP contribution in [0.5, 0.6) is 0 Å². The molecule has 1 rings (SSSR count). The number of imide groups is 1. The van der Waals surface area contributed by atoms with E-state index in [4.69, 9.17) is 0 Å². The van der Waals surface area contributed by atoms with Crippen LogP contribution in [0.2, 0.25) is 0 Å². The third kappa shape index (κ3) is 1.47. The third-order valence-electron chi connectivity index (χ3n) is 2.86. The molecule has 0 N–H and O–H groups in total. The predicted molar refractivity (Wildman–Crippen MR) is 49.9 cm³/mol. The highest BCUT2D eigenvalue weighted by Crippen LogP contribution is 2.32. The number of carbonyl (C=O) groups is 2. The topological polar surface area (TPSA) is 37.4 Å². The Bertz CT molecular complexity index is 235. The van der Waals surface area contributed by atoms with E-state index in [9.17, 15) is 9.59 Å². The highest BCUT2D eigenvalue weighted by Gasteiger charge is 2.45. The molecule has 3 nitrogen and oxygen atoms in total. The lowest BCUT2D eigenvalue weighted by Crippen LogP contribution is -2.27. The first-order chi connectivity index (χ1) is 6.00. The minimum Gasteiger partial charge on any atom is -0.285 e. The molecule has 2 atom stereocenters. The number of rotatable bonds is 2. The highest BCUT2D eigenvalue weighted by atomic mass is 16.2. The van der Waals surface area contributed by atoms with Gasteiger partial charge in [0.2, 0.25) is 11.8 Å². The van der Waals surface area contributed by atoms with Crippen LogP contribution in [0, 0.1) is 17.8 Å². The van der Waals surface area contributed by atoms with E-state index in [1.807, 2.05) is 20.8 Å². The molecular weight excluding hydrogens is 166 g/mol. The van der Waals surface area contributed by atoms with Crippen LogP contribution in [-0.2, 0) is 9.59 Å². The van der Waals surface area contributed by atoms with Gasteiger partial charge in [-0.2, -0.15) is 0 Å². The molecule has 0 bridgehead atoms. The Morgan fingerprint density at radius 2 is 1.85 bits per heavy atom. The van der Waals surface area contributed by atoms with E-state index in [0.717, 1.165) is 6.42 Å². The molecular formula is C10H17NO2. The van der Waals surface area contributed by atoms with E-state index in [1.54, 1.807) is 7.05 Å². The van der Waals surface area contributed by atoms with Crippen molar-refractivity contribution in [3.05, 3.63) is 0 Å². The van der Waals surface area contributed by atoms with E-state index >= 15 is 0 Å². The van der Waals surface area contributed by atoms with Crippen LogP contribution >= 0.6 is 0 Å². The van der Waals surface area contributed by atoms with Crippen LogP contribution in [0.4, 0.5) is 0 Å². The van der Waals surface area contributed by atoms with Gasteiger partial charge in [-0.3, -0.25) is 14.5 Å². The van der Waals surface area contributed by atoms with Crippen LogP contribution < -0.4 is 0 Å². The van der Waals surface area contributed by atoms with Crippen molar-refractivity contribution in [1.82, 2.24) is 4.90 Å². The maximum atomic E-state index is 11.6. The minimum absolute atomic E-state index is 0.00755. The summed E-state index contributed by atoms with van der Waals surface area (Å²) in [5, 5.41) is 0. The Labute approximate surface area is 79.1 Å². The lowest BCUT2D eigenvalue weighted by Gasteiger charge is -2.16. The van der Waals surface area contributed by atoms with E-state index in [-0.39, 0.29) is 29.6 Å². The number of carbonyl (C=O) groups excluding carboxylic acids is 2. The van der Waals surface area contributed by atoms with Gasteiger partial charge in [0.1, 0.15) is 0 Å². The van der Waals surface area contributed by atoms with Crippen molar-refractivity contribution in [2.45, 2.75) is 27.2 Å². The maximum Gasteiger partial charge on any atom is 0.233 e. The molecule has 3 heteroatoms. The van der Waals surface area contributed by atoms with Crippen LogP contribution in [0.3, 0.4) is 0 Å². The molecule has 74 valence electrons. The van der Waals surface area contributed by atoms with Gasteiger partial charge in [0.05, 0.1) is 11.8 Å². The van der Waals surface area contributed by atoms with E-state index < -0.39 is 0 Å². The summed E-state index contributed by atoms with van der Waals surface area (Å²) in [7, 11) is 1.58. The quantitative estimate of drug-likeness (QED) is 0.605. The predicted octanol–water partition coefficient (Wildman–Crippen LogP) is 1.28. The van der Waals surface area contributed by atoms with Crippen LogP contribution in [0.15, 0.2) is 0 Å². The van der Waals surface area contributed by atoms with Crippen molar-refractivity contribution in [1.29, 1.82) is 0 Å². The third-order valence-corrected chi connectivity index (χ3v) is 2.86. The summed E-state index contributed by atoms with van der Waals surface area (Å²) in [5.74, 6) is 0.0596. The van der Waals surface area contributed by atoms with Crippen LogP contribution in [0.25, 0.3) is 0 Å². The number of amides is 2. The number of hydrogen-bond donors (Lipinski definition) is 0. The summed E-state index contributed by atoms with van der Waals surface area (Å²) in [5.41, 5.74) is 0. The van der Waals surface area contributed by atoms with Gasteiger partial charge in [-0.25, -0.2) is 0 Å². The van der Waals surface area contributed by atoms with E-state index in [0.29, 0.717) is 0 Å². The van der Waals surface area contributed by atoms with Crippen molar-refractivity contribution in [2.75, 3.05) is 7.05 Å². The molecule has 0 aliphatic carbocycles. The van der Waals surface area contributed by atoms with Crippen LogP contribution in [-0.4, -0.2) is 23.8 Å². The van der Waals surface area contributed by atoms with Gasteiger partial charge in [0.15, 0.2) is 0 Å². The average molecular weight is 183 g/mol. The SMILES string of the molecule is CCC1C(=O)N(C)C(=O)C1C(C)C. The number of likely N-dealkylation sites (tertiary alicyclic amines) is 1. The van der Waals surface area contributed by atoms with Gasteiger partial charge in [-0.1, -0.05) is 20.8 Å². The zero-order chi connectivity index (χ0) is 10.2. The Hall–Kier alpha value is -0.860. The van der Waals surface area contributed by atoms with Gasteiger partial charge in [0, 0.05) is 7.05 Å². The second-order valence-corrected chi connectivity index (χ2v) is 4.02. The smallest absolute Gasteiger partial charge is 0.233 e. The zero-order valence-electron chi connectivity index (χ0n) is 8.70. The van der Waals surface area contributed by atoms with Crippen molar-refractivity contribution in [3.63, 3.8) is 0 Å². The summed E-state index contributed by atoms with van der Waals surface area (Å²) in [6, 6.07) is 0. The van der Waals surface area contributed by atoms with Gasteiger partial charge in [-0.05, 0) is 12.3 Å². The molecule has 1 heterocycles. The average Bonchev–Trinajstić information content (AvgIpc) is 2.29. The summed E-state index contributed by atoms with van der Waals surface area (Å²) >= 11 is 0. The fourth-order valence-electron chi connectivity index (χ4n) is 2.08. The largest absolute Gasteiger partial charge is 0.285 e. The van der Waals surface area contributed by atoms with Gasteiger partial charge in [0.25, 0.3) is 0 Å². The normalized spacial score (nSPS) is 29.2. The first kappa shape index (κ1) is 10.2. The highest BCUT2D eigenvalue weighted by molar-refractivity contribution is 6.04. The summed E-state index contributed by atoms with van der Waals surface area (Å²) < 4.78 is 0. The molecule has 1 saturated heterocycles. The summed E-state index contributed by atoms with van der Waals surface area (Å²) in [6.07, 6.45) is 0.762. The van der Waals surface area contributed by atoms with Gasteiger partial charge in [-0.15, -0.1) is 0 Å². The zero-order valence-corrected chi connectivity index (χ0v) is 8.70. The van der Waals surface area contributed by atoms with Crippen molar-refractivity contribution < 1.29 is 9.59 Å². The van der Waals surface area contributed by atoms with Crippen molar-refractivity contribution in [2.24, 2.45) is 17.8 Å². The molecule has 13 heavy (non-hydrogen) atoms. The summed E-state index contributed by atoms with van der Waals surface area (Å²) in [4.78, 5) is 24.5. The minimum atomic E-state index is -0.0949. The van der Waals surface area contributed by atoms with E-state index in [1.165, 1.54) is 4.90 Å². The first-order valence-corrected chi connectivity index (χ1v) is 4.82. The maximum absolute atomic E-state index is 11.6. The lowest BCUT2D eigenvalue weighted by molar-refractivity contribution is -0.138. The molecule has 0 aromatic heterocycles. The lowest BCUT2D eigenvalue weighted by atomic mass is 9.84. The molecule has 0 saturated carbocycles. The first-order valence-electron chi connectivity index (χ1n) is 4.82.